The quantitative estimate of drug-likeness (QED) is 0.445. The first kappa shape index (κ1) is 15.7. The number of rotatable bonds is 4. The number of esters is 2. The zero-order chi connectivity index (χ0) is 16.1. The molecular weight excluding hydrogens is 288 g/mol. The molecule has 6 nitrogen and oxygen atoms in total. The highest BCUT2D eigenvalue weighted by atomic mass is 16.7. The topological polar surface area (TPSA) is 71.1 Å². The summed E-state index contributed by atoms with van der Waals surface area (Å²) in [5.74, 6) is -0.890. The van der Waals surface area contributed by atoms with Crippen molar-refractivity contribution in [3.63, 3.8) is 0 Å². The minimum atomic E-state index is -1.21. The van der Waals surface area contributed by atoms with Gasteiger partial charge in [0.1, 0.15) is 12.9 Å². The van der Waals surface area contributed by atoms with Gasteiger partial charge < -0.3 is 18.9 Å². The van der Waals surface area contributed by atoms with Gasteiger partial charge in [0.05, 0.1) is 13.2 Å². The Morgan fingerprint density at radius 3 is 2.73 bits per heavy atom. The van der Waals surface area contributed by atoms with Gasteiger partial charge in [0, 0.05) is 13.0 Å². The van der Waals surface area contributed by atoms with E-state index in [0.29, 0.717) is 12.3 Å². The van der Waals surface area contributed by atoms with Gasteiger partial charge in [-0.25, -0.2) is 0 Å². The number of fused-ring (bicyclic) bond motifs is 1. The first-order chi connectivity index (χ1) is 10.4. The van der Waals surface area contributed by atoms with Crippen molar-refractivity contribution in [2.24, 2.45) is 22.7 Å². The average molecular weight is 312 g/mol. The Morgan fingerprint density at radius 1 is 1.36 bits per heavy atom. The molecule has 0 radical (unpaired) electrons. The monoisotopic (exact) mass is 312 g/mol. The summed E-state index contributed by atoms with van der Waals surface area (Å²) in [6, 6.07) is 0. The fourth-order valence-electron chi connectivity index (χ4n) is 4.79. The maximum absolute atomic E-state index is 12.5. The molecule has 2 aliphatic carbocycles. The third kappa shape index (κ3) is 1.80. The fourth-order valence-corrected chi connectivity index (χ4v) is 4.79. The van der Waals surface area contributed by atoms with Crippen molar-refractivity contribution >= 4 is 11.9 Å². The molecule has 6 atom stereocenters. The molecule has 5 unspecified atom stereocenters. The summed E-state index contributed by atoms with van der Waals surface area (Å²) < 4.78 is 21.6. The van der Waals surface area contributed by atoms with E-state index in [9.17, 15) is 9.59 Å². The second-order valence-corrected chi connectivity index (χ2v) is 7.07. The predicted molar refractivity (Wildman–Crippen MR) is 75.7 cm³/mol. The maximum Gasteiger partial charge on any atom is 0.324 e. The van der Waals surface area contributed by atoms with E-state index in [0.717, 1.165) is 12.8 Å². The lowest BCUT2D eigenvalue weighted by atomic mass is 9.49. The molecule has 1 saturated heterocycles. The molecule has 3 fully saturated rings. The van der Waals surface area contributed by atoms with Crippen molar-refractivity contribution in [1.29, 1.82) is 0 Å². The van der Waals surface area contributed by atoms with Gasteiger partial charge >= 0.3 is 11.9 Å². The normalized spacial score (nSPS) is 46.3. The number of ether oxygens (including phenoxy) is 4. The number of carbonyl (C=O) groups is 2. The summed E-state index contributed by atoms with van der Waals surface area (Å²) in [5.41, 5.74) is -1.30. The SMILES string of the molecule is COCOC1C2C3C[C@H](C)C1(C)CCC2(C(=O)OC)C(=O)O3. The molecule has 0 N–H and O–H groups in total. The van der Waals surface area contributed by atoms with Gasteiger partial charge in [-0.05, 0) is 30.6 Å². The van der Waals surface area contributed by atoms with Crippen molar-refractivity contribution in [3.8, 4) is 0 Å². The number of hydrogen-bond donors (Lipinski definition) is 0. The van der Waals surface area contributed by atoms with E-state index in [1.165, 1.54) is 7.11 Å². The van der Waals surface area contributed by atoms with Gasteiger partial charge in [0.15, 0.2) is 5.41 Å². The van der Waals surface area contributed by atoms with Crippen molar-refractivity contribution in [1.82, 2.24) is 0 Å². The molecule has 124 valence electrons. The van der Waals surface area contributed by atoms with E-state index in [1.807, 2.05) is 0 Å². The molecule has 0 aromatic heterocycles. The van der Waals surface area contributed by atoms with Crippen LogP contribution in [-0.4, -0.2) is 45.2 Å². The van der Waals surface area contributed by atoms with Gasteiger partial charge in [-0.15, -0.1) is 0 Å². The molecule has 6 heteroatoms. The molecule has 2 saturated carbocycles. The summed E-state index contributed by atoms with van der Waals surface area (Å²) in [5, 5.41) is 0. The fraction of sp³-hybridized carbons (Fsp3) is 0.875. The van der Waals surface area contributed by atoms with Gasteiger partial charge in [0.2, 0.25) is 0 Å². The smallest absolute Gasteiger partial charge is 0.324 e. The van der Waals surface area contributed by atoms with E-state index >= 15 is 0 Å². The van der Waals surface area contributed by atoms with Crippen molar-refractivity contribution in [2.45, 2.75) is 45.3 Å². The Bertz CT molecular complexity index is 491. The Labute approximate surface area is 130 Å². The van der Waals surface area contributed by atoms with Crippen LogP contribution in [0.2, 0.25) is 0 Å². The summed E-state index contributed by atoms with van der Waals surface area (Å²) in [4.78, 5) is 25.0. The van der Waals surface area contributed by atoms with Crippen LogP contribution < -0.4 is 0 Å². The van der Waals surface area contributed by atoms with E-state index in [-0.39, 0.29) is 30.3 Å². The van der Waals surface area contributed by atoms with Crippen LogP contribution in [-0.2, 0) is 28.5 Å². The summed E-state index contributed by atoms with van der Waals surface area (Å²) in [6.07, 6.45) is 1.43. The van der Waals surface area contributed by atoms with Crippen LogP contribution in [0, 0.1) is 22.7 Å². The molecule has 3 rings (SSSR count). The second kappa shape index (κ2) is 5.20. The average Bonchev–Trinajstić information content (AvgIpc) is 2.80. The van der Waals surface area contributed by atoms with Crippen LogP contribution in [0.3, 0.4) is 0 Å². The van der Waals surface area contributed by atoms with Crippen LogP contribution >= 0.6 is 0 Å². The van der Waals surface area contributed by atoms with Crippen LogP contribution in [0.25, 0.3) is 0 Å². The first-order valence-electron chi connectivity index (χ1n) is 7.82. The standard InChI is InChI=1S/C16H24O6/c1-9-7-10-11-12(21-8-19-3)15(9,2)5-6-16(11,13(17)20-4)14(18)22-10/h9-12H,5-8H2,1-4H3/t9-,10?,11?,12?,15?,16?/m0/s1. The van der Waals surface area contributed by atoms with Crippen molar-refractivity contribution in [3.05, 3.63) is 0 Å². The lowest BCUT2D eigenvalue weighted by molar-refractivity contribution is -0.219. The zero-order valence-electron chi connectivity index (χ0n) is 13.6. The molecule has 1 heterocycles. The van der Waals surface area contributed by atoms with E-state index < -0.39 is 17.4 Å². The predicted octanol–water partition coefficient (Wildman–Crippen LogP) is 1.52. The van der Waals surface area contributed by atoms with E-state index in [4.69, 9.17) is 18.9 Å². The highest BCUT2D eigenvalue weighted by Crippen LogP contribution is 2.63. The van der Waals surface area contributed by atoms with Gasteiger partial charge in [-0.2, -0.15) is 0 Å². The minimum absolute atomic E-state index is 0.0921. The Morgan fingerprint density at radius 2 is 2.09 bits per heavy atom. The number of hydrogen-bond acceptors (Lipinski definition) is 6. The van der Waals surface area contributed by atoms with Crippen LogP contribution in [0.5, 0.6) is 0 Å². The number of methoxy groups -OCH3 is 2. The van der Waals surface area contributed by atoms with E-state index in [1.54, 1.807) is 7.11 Å². The van der Waals surface area contributed by atoms with E-state index in [2.05, 4.69) is 13.8 Å². The van der Waals surface area contributed by atoms with Crippen molar-refractivity contribution < 1.29 is 28.5 Å². The lowest BCUT2D eigenvalue weighted by Gasteiger charge is -2.56. The van der Waals surface area contributed by atoms with Crippen LogP contribution in [0.15, 0.2) is 0 Å². The molecule has 0 amide bonds. The first-order valence-corrected chi connectivity index (χ1v) is 7.82. The molecular formula is C16H24O6. The molecule has 2 bridgehead atoms. The third-order valence-electron chi connectivity index (χ3n) is 6.25. The molecule has 3 aliphatic rings. The molecule has 22 heavy (non-hydrogen) atoms. The van der Waals surface area contributed by atoms with Crippen LogP contribution in [0.1, 0.15) is 33.1 Å². The summed E-state index contributed by atoms with van der Waals surface area (Å²) in [7, 11) is 2.89. The minimum Gasteiger partial charge on any atom is -0.468 e. The molecule has 0 spiro atoms. The zero-order valence-corrected chi connectivity index (χ0v) is 13.6. The largest absolute Gasteiger partial charge is 0.468 e. The molecule has 1 aliphatic heterocycles. The Kier molecular flexibility index (Phi) is 3.72. The maximum atomic E-state index is 12.5. The molecule has 0 aromatic carbocycles. The van der Waals surface area contributed by atoms with Crippen LogP contribution in [0.4, 0.5) is 0 Å². The Balaban J connectivity index is 2.06. The lowest BCUT2D eigenvalue weighted by Crippen LogP contribution is -2.62. The second-order valence-electron chi connectivity index (χ2n) is 7.07. The Hall–Kier alpha value is -1.14. The highest BCUT2D eigenvalue weighted by Gasteiger charge is 2.73. The highest BCUT2D eigenvalue weighted by molar-refractivity contribution is 6.02. The number of carbonyl (C=O) groups excluding carboxylic acids is 2. The summed E-state index contributed by atoms with van der Waals surface area (Å²) in [6.45, 7) is 4.48. The summed E-state index contributed by atoms with van der Waals surface area (Å²) >= 11 is 0. The van der Waals surface area contributed by atoms with Crippen molar-refractivity contribution in [2.75, 3.05) is 21.0 Å². The molecule has 0 aromatic rings. The van der Waals surface area contributed by atoms with Gasteiger partial charge in [-0.1, -0.05) is 13.8 Å². The third-order valence-corrected chi connectivity index (χ3v) is 6.25. The van der Waals surface area contributed by atoms with Gasteiger partial charge in [-0.3, -0.25) is 9.59 Å². The van der Waals surface area contributed by atoms with Gasteiger partial charge in [0.25, 0.3) is 0 Å².